The molecule has 9 heteroatoms. The second kappa shape index (κ2) is 4.72. The Morgan fingerprint density at radius 3 is 2.20 bits per heavy atom. The number of halogens is 6. The van der Waals surface area contributed by atoms with Crippen LogP contribution in [0.2, 0.25) is 0 Å². The van der Waals surface area contributed by atoms with Crippen LogP contribution in [-0.4, -0.2) is 18.1 Å². The number of fused-ring (bicyclic) bond motifs is 1. The molecule has 0 unspecified atom stereocenters. The molecule has 0 saturated carbocycles. The van der Waals surface area contributed by atoms with Crippen molar-refractivity contribution in [1.82, 2.24) is 0 Å². The molecular formula is C11H5F6NOS. The smallest absolute Gasteiger partial charge is 0.350 e. The van der Waals surface area contributed by atoms with E-state index in [0.29, 0.717) is 0 Å². The van der Waals surface area contributed by atoms with Crippen molar-refractivity contribution >= 4 is 23.2 Å². The maximum Gasteiger partial charge on any atom is 0.455 e. The number of rotatable bonds is 1. The van der Waals surface area contributed by atoms with Crippen LogP contribution < -0.4 is 5.32 Å². The zero-order valence-corrected chi connectivity index (χ0v) is 10.2. The quantitative estimate of drug-likeness (QED) is 0.791. The largest absolute Gasteiger partial charge is 0.455 e. The molecule has 0 aliphatic carbocycles. The molecular weight excluding hydrogens is 308 g/mol. The van der Waals surface area contributed by atoms with Crippen molar-refractivity contribution in [3.05, 3.63) is 34.9 Å². The van der Waals surface area contributed by atoms with E-state index in [2.05, 4.69) is 0 Å². The molecule has 2 nitrogen and oxygen atoms in total. The van der Waals surface area contributed by atoms with Crippen LogP contribution in [0.4, 0.5) is 32.0 Å². The number of nitrogens with one attached hydrogen (secondary N) is 1. The number of carbonyl (C=O) groups excluding carboxylic acids is 1. The Morgan fingerprint density at radius 2 is 1.65 bits per heavy atom. The average Bonchev–Trinajstić information content (AvgIpc) is 2.34. The van der Waals surface area contributed by atoms with Gasteiger partial charge in [-0.15, -0.1) is 0 Å². The van der Waals surface area contributed by atoms with Gasteiger partial charge in [0.15, 0.2) is 0 Å². The molecule has 1 N–H and O–H groups in total. The lowest BCUT2D eigenvalue weighted by Gasteiger charge is -2.25. The fraction of sp³-hybridized carbons (Fsp3) is 0.182. The Kier molecular flexibility index (Phi) is 3.49. The molecule has 1 aromatic carbocycles. The zero-order valence-electron chi connectivity index (χ0n) is 9.39. The molecule has 108 valence electrons. The molecule has 0 radical (unpaired) electrons. The van der Waals surface area contributed by atoms with Gasteiger partial charge in [0.05, 0.1) is 10.6 Å². The van der Waals surface area contributed by atoms with Crippen LogP contribution in [0, 0.1) is 0 Å². The minimum absolute atomic E-state index is 0.00329. The summed E-state index contributed by atoms with van der Waals surface area (Å²) in [6.07, 6.45) is -10.5. The van der Waals surface area contributed by atoms with Gasteiger partial charge >= 0.3 is 12.4 Å². The van der Waals surface area contributed by atoms with Crippen LogP contribution in [0.25, 0.3) is 0 Å². The number of para-hydroxylation sites is 1. The lowest BCUT2D eigenvalue weighted by Crippen LogP contribution is -2.31. The van der Waals surface area contributed by atoms with Crippen molar-refractivity contribution in [2.75, 3.05) is 5.32 Å². The summed E-state index contributed by atoms with van der Waals surface area (Å²) in [6, 6.07) is 5.48. The van der Waals surface area contributed by atoms with Crippen LogP contribution in [0.15, 0.2) is 39.8 Å². The van der Waals surface area contributed by atoms with E-state index in [1.165, 1.54) is 24.3 Å². The van der Waals surface area contributed by atoms with Gasteiger partial charge in [-0.05, 0) is 12.1 Å². The molecule has 1 aromatic rings. The van der Waals surface area contributed by atoms with Crippen molar-refractivity contribution in [3.8, 4) is 0 Å². The first-order valence-corrected chi connectivity index (χ1v) is 5.89. The van der Waals surface area contributed by atoms with E-state index >= 15 is 0 Å². The molecule has 0 atom stereocenters. The van der Waals surface area contributed by atoms with Crippen LogP contribution in [0.1, 0.15) is 0 Å². The first kappa shape index (κ1) is 14.8. The van der Waals surface area contributed by atoms with E-state index in [0.717, 1.165) is 0 Å². The molecule has 20 heavy (non-hydrogen) atoms. The number of carbonyl (C=O) groups is 1. The summed E-state index contributed by atoms with van der Waals surface area (Å²) < 4.78 is 75.5. The monoisotopic (exact) mass is 313 g/mol. The summed E-state index contributed by atoms with van der Waals surface area (Å²) in [5.74, 6) is -2.52. The van der Waals surface area contributed by atoms with Gasteiger partial charge in [0, 0.05) is 4.90 Å². The zero-order chi connectivity index (χ0) is 15.1. The van der Waals surface area contributed by atoms with Gasteiger partial charge in [0.2, 0.25) is 0 Å². The highest BCUT2D eigenvalue weighted by atomic mass is 32.2. The summed E-state index contributed by atoms with van der Waals surface area (Å²) in [6.45, 7) is 0. The van der Waals surface area contributed by atoms with Crippen molar-refractivity contribution in [2.45, 2.75) is 17.2 Å². The molecule has 2 rings (SSSR count). The molecule has 0 bridgehead atoms. The maximum atomic E-state index is 12.8. The van der Waals surface area contributed by atoms with Crippen LogP contribution in [0.5, 0.6) is 0 Å². The summed E-state index contributed by atoms with van der Waals surface area (Å²) in [4.78, 5) is 9.86. The number of benzene rings is 1. The number of anilines is 1. The Labute approximate surface area is 112 Å². The van der Waals surface area contributed by atoms with E-state index in [1.54, 1.807) is 0 Å². The molecule has 0 fully saturated rings. The van der Waals surface area contributed by atoms with Gasteiger partial charge in [-0.2, -0.15) is 26.3 Å². The molecule has 0 spiro atoms. The number of ketones is 1. The van der Waals surface area contributed by atoms with E-state index in [4.69, 9.17) is 0 Å². The van der Waals surface area contributed by atoms with Gasteiger partial charge in [0.25, 0.3) is 5.78 Å². The SMILES string of the molecule is O=C(C1=C(C(F)(F)F)Nc2ccccc2S1)C(F)(F)F. The molecule has 0 saturated heterocycles. The Hall–Kier alpha value is -1.64. The van der Waals surface area contributed by atoms with Gasteiger partial charge in [-0.25, -0.2) is 0 Å². The number of alkyl halides is 6. The minimum atomic E-state index is -5.37. The topological polar surface area (TPSA) is 29.1 Å². The lowest BCUT2D eigenvalue weighted by atomic mass is 10.2. The highest BCUT2D eigenvalue weighted by molar-refractivity contribution is 8.04. The van der Waals surface area contributed by atoms with Gasteiger partial charge < -0.3 is 5.32 Å². The second-order valence-electron chi connectivity index (χ2n) is 3.75. The highest BCUT2D eigenvalue weighted by Gasteiger charge is 2.48. The minimum Gasteiger partial charge on any atom is -0.350 e. The molecule has 1 aliphatic heterocycles. The molecule has 1 aliphatic rings. The Morgan fingerprint density at radius 1 is 1.05 bits per heavy atom. The molecule has 0 amide bonds. The summed E-state index contributed by atoms with van der Waals surface area (Å²) in [5.41, 5.74) is -1.69. The highest BCUT2D eigenvalue weighted by Crippen LogP contribution is 2.46. The number of hydrogen-bond donors (Lipinski definition) is 1. The van der Waals surface area contributed by atoms with Crippen molar-refractivity contribution < 1.29 is 31.1 Å². The van der Waals surface area contributed by atoms with E-state index in [-0.39, 0.29) is 22.3 Å². The van der Waals surface area contributed by atoms with Crippen LogP contribution in [0.3, 0.4) is 0 Å². The first-order chi connectivity index (χ1) is 9.10. The van der Waals surface area contributed by atoms with Gasteiger partial charge in [-0.3, -0.25) is 4.79 Å². The Balaban J connectivity index is 2.54. The third-order valence-electron chi connectivity index (χ3n) is 2.33. The standard InChI is InChI=1S/C11H5F6NOS/c12-10(13,14)8-7(9(19)11(15,16)17)20-6-4-2-1-3-5(6)18-8/h1-4,18H. The maximum absolute atomic E-state index is 12.8. The van der Waals surface area contributed by atoms with Crippen LogP contribution >= 0.6 is 11.8 Å². The van der Waals surface area contributed by atoms with E-state index in [1.807, 2.05) is 5.32 Å². The first-order valence-electron chi connectivity index (χ1n) is 5.07. The molecule has 0 aromatic heterocycles. The second-order valence-corrected chi connectivity index (χ2v) is 4.80. The fourth-order valence-corrected chi connectivity index (χ4v) is 2.57. The third-order valence-corrected chi connectivity index (χ3v) is 3.50. The van der Waals surface area contributed by atoms with Gasteiger partial charge in [-0.1, -0.05) is 23.9 Å². The van der Waals surface area contributed by atoms with Gasteiger partial charge in [0.1, 0.15) is 5.70 Å². The average molecular weight is 313 g/mol. The van der Waals surface area contributed by atoms with Crippen molar-refractivity contribution in [1.29, 1.82) is 0 Å². The third kappa shape index (κ3) is 2.77. The summed E-state index contributed by atoms with van der Waals surface area (Å²) >= 11 is 0.155. The number of allylic oxidation sites excluding steroid dienone is 2. The Bertz CT molecular complexity index is 589. The van der Waals surface area contributed by atoms with E-state index < -0.39 is 28.7 Å². The number of hydrogen-bond acceptors (Lipinski definition) is 3. The number of thioether (sulfide) groups is 1. The lowest BCUT2D eigenvalue weighted by molar-refractivity contribution is -0.166. The van der Waals surface area contributed by atoms with Crippen molar-refractivity contribution in [3.63, 3.8) is 0 Å². The molecule has 1 heterocycles. The van der Waals surface area contributed by atoms with E-state index in [9.17, 15) is 31.1 Å². The van der Waals surface area contributed by atoms with Crippen LogP contribution in [-0.2, 0) is 4.79 Å². The summed E-state index contributed by atoms with van der Waals surface area (Å²) in [5, 5.41) is 1.85. The predicted octanol–water partition coefficient (Wildman–Crippen LogP) is 4.11. The number of Topliss-reactive ketones (excluding diaryl/α,β-unsaturated/α-hetero) is 1. The normalized spacial score (nSPS) is 15.7. The summed E-state index contributed by atoms with van der Waals surface area (Å²) in [7, 11) is 0. The fourth-order valence-electron chi connectivity index (χ4n) is 1.50. The van der Waals surface area contributed by atoms with Crippen molar-refractivity contribution in [2.24, 2.45) is 0 Å². The predicted molar refractivity (Wildman–Crippen MR) is 60.1 cm³/mol.